The smallest absolute Gasteiger partial charge is 0.198 e. The average Bonchev–Trinajstić information content (AvgIpc) is 2.87. The van der Waals surface area contributed by atoms with Crippen molar-refractivity contribution in [1.29, 1.82) is 31.6 Å². The number of nitrogens with zero attached hydrogens (tertiary/aromatic N) is 6. The molecule has 0 unspecified atom stereocenters. The van der Waals surface area contributed by atoms with Crippen molar-refractivity contribution in [3.05, 3.63) is 68.3 Å². The fourth-order valence-electron chi connectivity index (χ4n) is 3.11. The Kier molecular flexibility index (Phi) is 12.2. The highest BCUT2D eigenvalue weighted by Crippen LogP contribution is 2.43. The van der Waals surface area contributed by atoms with Crippen molar-refractivity contribution < 1.29 is 39.5 Å². The summed E-state index contributed by atoms with van der Waals surface area (Å²) in [6.45, 7) is 4.00. The van der Waals surface area contributed by atoms with E-state index in [1.54, 1.807) is 12.1 Å². The molecule has 0 fully saturated rings. The topological polar surface area (TPSA) is 143 Å². The molecule has 0 amide bonds. The summed E-state index contributed by atoms with van der Waals surface area (Å²) in [6, 6.07) is 9.94. The number of hydrogen-bond donors (Lipinski definition) is 0. The Morgan fingerprint density at radius 2 is 0.925 bits per heavy atom. The van der Waals surface area contributed by atoms with Crippen LogP contribution in [0.4, 0.5) is 39.5 Å². The fraction of sp³-hybridized carbons (Fsp3) is 0.280. The van der Waals surface area contributed by atoms with E-state index in [0.29, 0.717) is 12.1 Å². The van der Waals surface area contributed by atoms with Crippen LogP contribution in [0.15, 0.2) is 18.2 Å². The van der Waals surface area contributed by atoms with Crippen molar-refractivity contribution in [3.63, 3.8) is 0 Å². The van der Waals surface area contributed by atoms with Gasteiger partial charge in [-0.1, -0.05) is 13.8 Å². The number of benzene rings is 2. The Labute approximate surface area is 221 Å². The third kappa shape index (κ3) is 8.38. The van der Waals surface area contributed by atoms with Gasteiger partial charge in [0.15, 0.2) is 0 Å². The Morgan fingerprint density at radius 3 is 1.27 bits per heavy atom. The highest BCUT2D eigenvalue weighted by molar-refractivity contribution is 5.58. The van der Waals surface area contributed by atoms with E-state index < -0.39 is 64.8 Å². The van der Waals surface area contributed by atoms with E-state index in [2.05, 4.69) is 0 Å². The van der Waals surface area contributed by atoms with Crippen LogP contribution in [0.1, 0.15) is 63.9 Å². The molecule has 2 aromatic carbocycles. The molecule has 2 aromatic rings. The van der Waals surface area contributed by atoms with E-state index >= 15 is 0 Å². The van der Waals surface area contributed by atoms with Gasteiger partial charge in [0.1, 0.15) is 18.2 Å². The van der Waals surface area contributed by atoms with Crippen LogP contribution in [-0.2, 0) is 31.4 Å². The summed E-state index contributed by atoms with van der Waals surface area (Å²) in [5.41, 5.74) is -9.29. The zero-order valence-corrected chi connectivity index (χ0v) is 20.2. The molecule has 0 bridgehead atoms. The van der Waals surface area contributed by atoms with Gasteiger partial charge in [-0.15, -0.1) is 0 Å². The molecule has 0 atom stereocenters. The number of nitriles is 6. The monoisotopic (exact) mass is 568 g/mol. The van der Waals surface area contributed by atoms with Crippen LogP contribution >= 0.6 is 0 Å². The van der Waals surface area contributed by atoms with Crippen LogP contribution in [0.5, 0.6) is 0 Å². The Morgan fingerprint density at radius 1 is 0.525 bits per heavy atom. The van der Waals surface area contributed by atoms with Crippen LogP contribution < -0.4 is 0 Å². The van der Waals surface area contributed by atoms with Gasteiger partial charge >= 0.3 is 18.5 Å². The first-order chi connectivity index (χ1) is 18.5. The van der Waals surface area contributed by atoms with Gasteiger partial charge in [0.2, 0.25) is 0 Å². The van der Waals surface area contributed by atoms with E-state index in [4.69, 9.17) is 31.6 Å². The quantitative estimate of drug-likeness (QED) is 0.355. The highest BCUT2D eigenvalue weighted by atomic mass is 19.4. The minimum atomic E-state index is -5.30. The minimum Gasteiger partial charge on any atom is -0.198 e. The standard InChI is InChI=1S/C12H3F6N3.C11H4F3N3.C2H6/c13-11(14,15)9-6(1-2-19)3-7(4-20)10(8(9)5-21)12(16,17)18;12-11(13,14)10-4-9(6-17)8(5-16)3-7(10)1-2-15;1-2/h3H,1H2;3-4H,1H2;1-2H3. The first-order valence-electron chi connectivity index (χ1n) is 10.4. The molecule has 0 aliphatic rings. The molecule has 2 rings (SSSR count). The van der Waals surface area contributed by atoms with Crippen LogP contribution in [0.25, 0.3) is 0 Å². The van der Waals surface area contributed by atoms with E-state index in [9.17, 15) is 39.5 Å². The summed E-state index contributed by atoms with van der Waals surface area (Å²) in [5, 5.41) is 51.6. The number of rotatable bonds is 2. The molecule has 0 aliphatic heterocycles. The molecule has 206 valence electrons. The number of halogens is 9. The lowest BCUT2D eigenvalue weighted by molar-refractivity contribution is -0.144. The molecule has 0 saturated carbocycles. The minimum absolute atomic E-state index is 0.161. The van der Waals surface area contributed by atoms with Gasteiger partial charge in [0.05, 0.1) is 70.0 Å². The van der Waals surface area contributed by atoms with Crippen molar-refractivity contribution in [1.82, 2.24) is 0 Å². The molecule has 40 heavy (non-hydrogen) atoms. The fourth-order valence-corrected chi connectivity index (χ4v) is 3.11. The Balaban J connectivity index is 0.000000730. The third-order valence-corrected chi connectivity index (χ3v) is 4.54. The predicted octanol–water partition coefficient (Wildman–Crippen LogP) is 7.07. The maximum atomic E-state index is 12.9. The maximum absolute atomic E-state index is 12.9. The normalized spacial score (nSPS) is 10.4. The van der Waals surface area contributed by atoms with Crippen LogP contribution in [0, 0.1) is 68.0 Å². The lowest BCUT2D eigenvalue weighted by Gasteiger charge is -2.18. The zero-order valence-electron chi connectivity index (χ0n) is 20.2. The van der Waals surface area contributed by atoms with Gasteiger partial charge in [0.25, 0.3) is 0 Å². The Bertz CT molecular complexity index is 1490. The lowest BCUT2D eigenvalue weighted by atomic mass is 9.90. The summed E-state index contributed by atoms with van der Waals surface area (Å²) in [4.78, 5) is 0. The van der Waals surface area contributed by atoms with Crippen molar-refractivity contribution in [2.24, 2.45) is 0 Å². The van der Waals surface area contributed by atoms with Gasteiger partial charge in [-0.3, -0.25) is 0 Å². The predicted molar refractivity (Wildman–Crippen MR) is 117 cm³/mol. The van der Waals surface area contributed by atoms with E-state index in [-0.39, 0.29) is 16.7 Å². The Hall–Kier alpha value is -5.25. The van der Waals surface area contributed by atoms with Gasteiger partial charge in [-0.2, -0.15) is 71.1 Å². The van der Waals surface area contributed by atoms with E-state index in [1.807, 2.05) is 13.8 Å². The third-order valence-electron chi connectivity index (χ3n) is 4.54. The summed E-state index contributed by atoms with van der Waals surface area (Å²) in [5.74, 6) is 0. The second kappa shape index (κ2) is 14.1. The summed E-state index contributed by atoms with van der Waals surface area (Å²) in [6.07, 6.45) is -16.6. The van der Waals surface area contributed by atoms with Crippen LogP contribution in [0.2, 0.25) is 0 Å². The molecule has 0 radical (unpaired) electrons. The van der Waals surface area contributed by atoms with Crippen molar-refractivity contribution >= 4 is 0 Å². The molecule has 0 aromatic heterocycles. The summed E-state index contributed by atoms with van der Waals surface area (Å²) < 4.78 is 115. The van der Waals surface area contributed by atoms with E-state index in [0.717, 1.165) is 18.2 Å². The van der Waals surface area contributed by atoms with E-state index in [1.165, 1.54) is 12.1 Å². The van der Waals surface area contributed by atoms with Crippen molar-refractivity contribution in [3.8, 4) is 36.4 Å². The molecule has 0 heterocycles. The molecule has 15 heteroatoms. The average molecular weight is 568 g/mol. The molecule has 6 nitrogen and oxygen atoms in total. The lowest BCUT2D eigenvalue weighted by Crippen LogP contribution is -2.19. The summed E-state index contributed by atoms with van der Waals surface area (Å²) >= 11 is 0. The molecule has 0 aliphatic carbocycles. The van der Waals surface area contributed by atoms with Gasteiger partial charge in [-0.25, -0.2) is 0 Å². The van der Waals surface area contributed by atoms with Crippen molar-refractivity contribution in [2.75, 3.05) is 0 Å². The van der Waals surface area contributed by atoms with Crippen LogP contribution in [-0.4, -0.2) is 0 Å². The number of alkyl halides is 9. The largest absolute Gasteiger partial charge is 0.418 e. The van der Waals surface area contributed by atoms with Gasteiger partial charge in [-0.05, 0) is 29.3 Å². The van der Waals surface area contributed by atoms with Crippen LogP contribution in [0.3, 0.4) is 0 Å². The van der Waals surface area contributed by atoms with Gasteiger partial charge in [0, 0.05) is 0 Å². The number of hydrogen-bond acceptors (Lipinski definition) is 6. The first kappa shape index (κ1) is 34.8. The SMILES string of the molecule is CC.N#CCc1cc(C#N)c(C#N)cc1C(F)(F)F.N#CCc1cc(C#N)c(C(F)(F)F)c(C#N)c1C(F)(F)F. The second-order valence-electron chi connectivity index (χ2n) is 6.87. The highest BCUT2D eigenvalue weighted by Gasteiger charge is 2.44. The molecular formula is C25H13F9N6. The van der Waals surface area contributed by atoms with Gasteiger partial charge < -0.3 is 0 Å². The first-order valence-corrected chi connectivity index (χ1v) is 10.4. The van der Waals surface area contributed by atoms with Crippen molar-refractivity contribution in [2.45, 2.75) is 45.2 Å². The molecular weight excluding hydrogens is 555 g/mol. The summed E-state index contributed by atoms with van der Waals surface area (Å²) in [7, 11) is 0. The zero-order chi connectivity index (χ0) is 31.5. The molecule has 0 spiro atoms. The maximum Gasteiger partial charge on any atom is 0.418 e. The second-order valence-corrected chi connectivity index (χ2v) is 6.87. The molecule has 0 saturated heterocycles. The molecule has 0 N–H and O–H groups in total.